The Morgan fingerprint density at radius 3 is 2.58 bits per heavy atom. The summed E-state index contributed by atoms with van der Waals surface area (Å²) >= 11 is 0. The van der Waals surface area contributed by atoms with E-state index in [9.17, 15) is 0 Å². The summed E-state index contributed by atoms with van der Waals surface area (Å²) in [7, 11) is 0. The molecule has 0 amide bonds. The molecule has 0 aliphatic carbocycles. The molecule has 2 aromatic heterocycles. The van der Waals surface area contributed by atoms with E-state index < -0.39 is 0 Å². The number of aromatic nitrogens is 4. The van der Waals surface area contributed by atoms with E-state index in [1.807, 2.05) is 19.1 Å². The highest BCUT2D eigenvalue weighted by molar-refractivity contribution is 5.59. The smallest absolute Gasteiger partial charge is 0.258 e. The molecule has 0 spiro atoms. The Kier molecular flexibility index (Phi) is 2.68. The van der Waals surface area contributed by atoms with Gasteiger partial charge >= 0.3 is 0 Å². The number of hydrogen-bond donors (Lipinski definition) is 1. The summed E-state index contributed by atoms with van der Waals surface area (Å²) in [6.07, 6.45) is 1.66. The average molecular weight is 253 g/mol. The normalized spacial score (nSPS) is 10.6. The number of nitrogen functional groups attached to an aromatic ring is 1. The van der Waals surface area contributed by atoms with Crippen LogP contribution in [0, 0.1) is 6.92 Å². The lowest BCUT2D eigenvalue weighted by molar-refractivity contribution is 0.432. The van der Waals surface area contributed by atoms with Gasteiger partial charge in [0, 0.05) is 17.4 Å². The van der Waals surface area contributed by atoms with E-state index in [1.54, 1.807) is 24.4 Å². The van der Waals surface area contributed by atoms with E-state index >= 15 is 0 Å². The zero-order valence-electron chi connectivity index (χ0n) is 10.2. The Hall–Kier alpha value is -2.76. The first-order valence-electron chi connectivity index (χ1n) is 5.72. The first-order chi connectivity index (χ1) is 9.22. The van der Waals surface area contributed by atoms with Crippen LogP contribution in [0.3, 0.4) is 0 Å². The topological polar surface area (TPSA) is 90.7 Å². The van der Waals surface area contributed by atoms with Crippen LogP contribution < -0.4 is 5.73 Å². The molecule has 0 saturated heterocycles. The first-order valence-corrected chi connectivity index (χ1v) is 5.72. The summed E-state index contributed by atoms with van der Waals surface area (Å²) in [6.45, 7) is 1.81. The molecule has 19 heavy (non-hydrogen) atoms. The maximum absolute atomic E-state index is 5.63. The van der Waals surface area contributed by atoms with Crippen molar-refractivity contribution in [2.24, 2.45) is 0 Å². The second kappa shape index (κ2) is 4.49. The zero-order valence-corrected chi connectivity index (χ0v) is 10.2. The van der Waals surface area contributed by atoms with Crippen LogP contribution in [0.4, 0.5) is 5.69 Å². The van der Waals surface area contributed by atoms with E-state index in [4.69, 9.17) is 10.3 Å². The van der Waals surface area contributed by atoms with E-state index in [-0.39, 0.29) is 0 Å². The fourth-order valence-corrected chi connectivity index (χ4v) is 1.65. The van der Waals surface area contributed by atoms with E-state index in [1.165, 1.54) is 0 Å². The number of nitrogens with zero attached hydrogens (tertiary/aromatic N) is 4. The molecule has 1 aromatic carbocycles. The van der Waals surface area contributed by atoms with Crippen molar-refractivity contribution in [1.82, 2.24) is 20.1 Å². The van der Waals surface area contributed by atoms with Gasteiger partial charge in [-0.25, -0.2) is 9.97 Å². The SMILES string of the molecule is Cc1nccc(-c2noc(-c3ccc(N)cc3)n2)n1. The second-order valence-electron chi connectivity index (χ2n) is 4.03. The molecule has 0 radical (unpaired) electrons. The molecule has 0 aliphatic rings. The third-order valence-corrected chi connectivity index (χ3v) is 2.59. The van der Waals surface area contributed by atoms with Gasteiger partial charge in [0.15, 0.2) is 0 Å². The predicted molar refractivity (Wildman–Crippen MR) is 69.9 cm³/mol. The molecule has 6 heteroatoms. The Morgan fingerprint density at radius 2 is 1.84 bits per heavy atom. The molecule has 2 heterocycles. The third-order valence-electron chi connectivity index (χ3n) is 2.59. The van der Waals surface area contributed by atoms with E-state index in [0.29, 0.717) is 28.9 Å². The summed E-state index contributed by atoms with van der Waals surface area (Å²) < 4.78 is 5.22. The van der Waals surface area contributed by atoms with Crippen molar-refractivity contribution in [3.8, 4) is 23.0 Å². The highest BCUT2D eigenvalue weighted by Crippen LogP contribution is 2.21. The Balaban J connectivity index is 1.97. The average Bonchev–Trinajstić information content (AvgIpc) is 2.89. The van der Waals surface area contributed by atoms with Crippen molar-refractivity contribution >= 4 is 5.69 Å². The molecule has 0 atom stereocenters. The van der Waals surface area contributed by atoms with Crippen LogP contribution >= 0.6 is 0 Å². The number of hydrogen-bond acceptors (Lipinski definition) is 6. The highest BCUT2D eigenvalue weighted by Gasteiger charge is 2.11. The Bertz CT molecular complexity index is 705. The number of aryl methyl sites for hydroxylation is 1. The maximum atomic E-state index is 5.63. The molecule has 0 bridgehead atoms. The van der Waals surface area contributed by atoms with Crippen LogP contribution in [0.2, 0.25) is 0 Å². The van der Waals surface area contributed by atoms with Crippen LogP contribution in [-0.2, 0) is 0 Å². The van der Waals surface area contributed by atoms with Crippen molar-refractivity contribution in [2.75, 3.05) is 5.73 Å². The monoisotopic (exact) mass is 253 g/mol. The lowest BCUT2D eigenvalue weighted by Gasteiger charge is -1.95. The van der Waals surface area contributed by atoms with Gasteiger partial charge in [0.05, 0.1) is 0 Å². The molecule has 3 rings (SSSR count). The molecular formula is C13H11N5O. The fraction of sp³-hybridized carbons (Fsp3) is 0.0769. The standard InChI is InChI=1S/C13H11N5O/c1-8-15-7-6-11(16-8)12-17-13(19-18-12)9-2-4-10(14)5-3-9/h2-7H,14H2,1H3. The molecule has 6 nitrogen and oxygen atoms in total. The molecular weight excluding hydrogens is 242 g/mol. The quantitative estimate of drug-likeness (QED) is 0.703. The molecule has 0 saturated carbocycles. The van der Waals surface area contributed by atoms with Crippen molar-refractivity contribution < 1.29 is 4.52 Å². The predicted octanol–water partition coefficient (Wildman–Crippen LogP) is 2.08. The van der Waals surface area contributed by atoms with Crippen LogP contribution in [0.1, 0.15) is 5.82 Å². The first kappa shape index (κ1) is 11.3. The van der Waals surface area contributed by atoms with Crippen molar-refractivity contribution in [1.29, 1.82) is 0 Å². The number of rotatable bonds is 2. The highest BCUT2D eigenvalue weighted by atomic mass is 16.5. The largest absolute Gasteiger partial charge is 0.399 e. The molecule has 3 aromatic rings. The van der Waals surface area contributed by atoms with Gasteiger partial charge in [-0.3, -0.25) is 0 Å². The van der Waals surface area contributed by atoms with Crippen LogP contribution in [0.5, 0.6) is 0 Å². The summed E-state index contributed by atoms with van der Waals surface area (Å²) in [5.41, 5.74) is 7.78. The lowest BCUT2D eigenvalue weighted by Crippen LogP contribution is -1.91. The molecule has 2 N–H and O–H groups in total. The number of nitrogens with two attached hydrogens (primary N) is 1. The van der Waals surface area contributed by atoms with Gasteiger partial charge in [-0.2, -0.15) is 4.98 Å². The number of benzene rings is 1. The summed E-state index contributed by atoms with van der Waals surface area (Å²) in [5, 5.41) is 3.92. The number of anilines is 1. The van der Waals surface area contributed by atoms with Crippen molar-refractivity contribution in [2.45, 2.75) is 6.92 Å². The second-order valence-corrected chi connectivity index (χ2v) is 4.03. The maximum Gasteiger partial charge on any atom is 0.258 e. The molecule has 94 valence electrons. The molecule has 0 fully saturated rings. The minimum Gasteiger partial charge on any atom is -0.399 e. The zero-order chi connectivity index (χ0) is 13.2. The van der Waals surface area contributed by atoms with Gasteiger partial charge in [-0.15, -0.1) is 0 Å². The minimum absolute atomic E-state index is 0.436. The minimum atomic E-state index is 0.436. The van der Waals surface area contributed by atoms with Crippen LogP contribution in [0.25, 0.3) is 23.0 Å². The third kappa shape index (κ3) is 2.28. The summed E-state index contributed by atoms with van der Waals surface area (Å²) in [6, 6.07) is 8.97. The van der Waals surface area contributed by atoms with E-state index in [2.05, 4.69) is 20.1 Å². The van der Waals surface area contributed by atoms with Crippen molar-refractivity contribution in [3.05, 3.63) is 42.4 Å². The molecule has 0 unspecified atom stereocenters. The Labute approximate surface area is 109 Å². The van der Waals surface area contributed by atoms with Crippen molar-refractivity contribution in [3.63, 3.8) is 0 Å². The van der Waals surface area contributed by atoms with Crippen LogP contribution in [-0.4, -0.2) is 20.1 Å². The van der Waals surface area contributed by atoms with Gasteiger partial charge < -0.3 is 10.3 Å². The lowest BCUT2D eigenvalue weighted by atomic mass is 10.2. The fourth-order valence-electron chi connectivity index (χ4n) is 1.65. The van der Waals surface area contributed by atoms with Gasteiger partial charge in [-0.05, 0) is 37.3 Å². The van der Waals surface area contributed by atoms with Crippen LogP contribution in [0.15, 0.2) is 41.1 Å². The van der Waals surface area contributed by atoms with Gasteiger partial charge in [0.1, 0.15) is 11.5 Å². The van der Waals surface area contributed by atoms with Gasteiger partial charge in [-0.1, -0.05) is 5.16 Å². The summed E-state index contributed by atoms with van der Waals surface area (Å²) in [4.78, 5) is 12.6. The van der Waals surface area contributed by atoms with Gasteiger partial charge in [0.25, 0.3) is 5.89 Å². The summed E-state index contributed by atoms with van der Waals surface area (Å²) in [5.74, 6) is 1.54. The Morgan fingerprint density at radius 1 is 1.05 bits per heavy atom. The van der Waals surface area contributed by atoms with Gasteiger partial charge in [0.2, 0.25) is 5.82 Å². The molecule has 0 aliphatic heterocycles. The van der Waals surface area contributed by atoms with E-state index in [0.717, 1.165) is 5.56 Å².